The number of carbonyl (C=O) groups excluding carboxylic acids is 3. The number of nitrogens with one attached hydrogen (secondary N) is 1. The summed E-state index contributed by atoms with van der Waals surface area (Å²) in [5.74, 6) is -2.72. The number of hydrogen-bond acceptors (Lipinski definition) is 5. The van der Waals surface area contributed by atoms with Gasteiger partial charge in [0.05, 0.1) is 31.1 Å². The topological polar surface area (TPSA) is 95.9 Å². The predicted octanol–water partition coefficient (Wildman–Crippen LogP) is 3.31. The second-order valence-electron chi connectivity index (χ2n) is 11.4. The minimum atomic E-state index is -0.773. The lowest BCUT2D eigenvalue weighted by atomic mass is 9.69. The van der Waals surface area contributed by atoms with E-state index in [9.17, 15) is 19.5 Å². The summed E-state index contributed by atoms with van der Waals surface area (Å²) in [7, 11) is 0. The Morgan fingerprint density at radius 2 is 1.79 bits per heavy atom. The van der Waals surface area contributed by atoms with E-state index in [1.54, 1.807) is 11.8 Å². The lowest BCUT2D eigenvalue weighted by Crippen LogP contribution is -2.56. The highest BCUT2D eigenvalue weighted by Gasteiger charge is 2.59. The van der Waals surface area contributed by atoms with Gasteiger partial charge in [-0.3, -0.25) is 14.4 Å². The van der Waals surface area contributed by atoms with Gasteiger partial charge in [0.2, 0.25) is 11.8 Å². The number of rotatable bonds is 9. The van der Waals surface area contributed by atoms with Crippen LogP contribution in [0.2, 0.25) is 0 Å². The molecule has 2 N–H and O–H groups in total. The zero-order valence-electron chi connectivity index (χ0n) is 21.7. The van der Waals surface area contributed by atoms with Crippen molar-refractivity contribution >= 4 is 17.8 Å². The van der Waals surface area contributed by atoms with E-state index in [-0.39, 0.29) is 42.3 Å². The number of esters is 1. The summed E-state index contributed by atoms with van der Waals surface area (Å²) in [4.78, 5) is 42.0. The summed E-state index contributed by atoms with van der Waals surface area (Å²) in [6.45, 7) is 16.0. The van der Waals surface area contributed by atoms with Crippen molar-refractivity contribution in [1.82, 2.24) is 10.2 Å². The number of likely N-dealkylation sites (tertiary alicyclic amines) is 1. The van der Waals surface area contributed by atoms with Gasteiger partial charge in [-0.05, 0) is 51.4 Å². The highest BCUT2D eigenvalue weighted by Crippen LogP contribution is 2.46. The molecule has 0 spiro atoms. The number of fused-ring (bicyclic) bond motifs is 1. The standard InChI is InChI=1S/C26H44N2O5/c1-9-16-12-13-18-20(19(16)24(32)33-11-3)23(31)28(17(10-2)14-29)21(18)22(30)27-26(7,8)15-25(4,5)6/h12-13,16-21,29H,9-11,14-15H2,1-8H3,(H,27,30)/t16-,17+,18+,19-,20-,21+/m1/s1. The zero-order valence-corrected chi connectivity index (χ0v) is 21.7. The first-order valence-corrected chi connectivity index (χ1v) is 12.4. The third-order valence-electron chi connectivity index (χ3n) is 6.86. The van der Waals surface area contributed by atoms with Gasteiger partial charge in [0.15, 0.2) is 0 Å². The summed E-state index contributed by atoms with van der Waals surface area (Å²) in [5.41, 5.74) is -0.469. The quantitative estimate of drug-likeness (QED) is 0.403. The molecule has 2 rings (SSSR count). The summed E-state index contributed by atoms with van der Waals surface area (Å²) in [6, 6.07) is -1.26. The highest BCUT2D eigenvalue weighted by molar-refractivity contribution is 5.96. The molecule has 0 aromatic rings. The van der Waals surface area contributed by atoms with Crippen LogP contribution < -0.4 is 5.32 Å². The zero-order chi connectivity index (χ0) is 25.1. The first-order chi connectivity index (χ1) is 15.3. The molecular formula is C26H44N2O5. The molecule has 0 unspecified atom stereocenters. The van der Waals surface area contributed by atoms with Gasteiger partial charge in [-0.25, -0.2) is 0 Å². The molecule has 0 saturated carbocycles. The number of ether oxygens (including phenoxy) is 1. The van der Waals surface area contributed by atoms with E-state index in [2.05, 4.69) is 26.1 Å². The average Bonchev–Trinajstić information content (AvgIpc) is 2.99. The first kappa shape index (κ1) is 27.4. The van der Waals surface area contributed by atoms with Gasteiger partial charge in [0.1, 0.15) is 6.04 Å². The second-order valence-corrected chi connectivity index (χ2v) is 11.4. The molecule has 1 saturated heterocycles. The van der Waals surface area contributed by atoms with Crippen LogP contribution in [0.4, 0.5) is 0 Å². The fourth-order valence-corrected chi connectivity index (χ4v) is 5.98. The molecule has 0 radical (unpaired) electrons. The summed E-state index contributed by atoms with van der Waals surface area (Å²) >= 11 is 0. The van der Waals surface area contributed by atoms with Crippen molar-refractivity contribution in [2.45, 2.75) is 92.3 Å². The third-order valence-corrected chi connectivity index (χ3v) is 6.86. The lowest BCUT2D eigenvalue weighted by molar-refractivity contribution is -0.156. The normalized spacial score (nSPS) is 28.5. The lowest BCUT2D eigenvalue weighted by Gasteiger charge is -2.38. The SMILES string of the molecule is CCOC(=O)[C@H]1[C@@H]2C(=O)N([C@@H](CC)CO)[C@H](C(=O)NC(C)(C)CC(C)(C)C)[C@H]2C=C[C@H]1CC. The van der Waals surface area contributed by atoms with Crippen LogP contribution in [-0.4, -0.2) is 58.6 Å². The van der Waals surface area contributed by atoms with Crippen molar-refractivity contribution < 1.29 is 24.2 Å². The fraction of sp³-hybridized carbons (Fsp3) is 0.808. The van der Waals surface area contributed by atoms with Crippen LogP contribution in [0.1, 0.15) is 74.7 Å². The first-order valence-electron chi connectivity index (χ1n) is 12.4. The third kappa shape index (κ3) is 5.97. The van der Waals surface area contributed by atoms with E-state index in [1.807, 2.05) is 39.8 Å². The Morgan fingerprint density at radius 3 is 2.27 bits per heavy atom. The monoisotopic (exact) mass is 464 g/mol. The second kappa shape index (κ2) is 10.6. The number of aliphatic hydroxyl groups excluding tert-OH is 1. The molecule has 0 aromatic carbocycles. The van der Waals surface area contributed by atoms with E-state index in [4.69, 9.17) is 4.74 Å². The van der Waals surface area contributed by atoms with Crippen molar-refractivity contribution in [3.63, 3.8) is 0 Å². The molecule has 0 aromatic heterocycles. The van der Waals surface area contributed by atoms with Gasteiger partial charge in [-0.2, -0.15) is 0 Å². The van der Waals surface area contributed by atoms with Crippen molar-refractivity contribution in [3.05, 3.63) is 12.2 Å². The van der Waals surface area contributed by atoms with Gasteiger partial charge in [-0.15, -0.1) is 0 Å². The van der Waals surface area contributed by atoms with Crippen LogP contribution in [0.5, 0.6) is 0 Å². The van der Waals surface area contributed by atoms with Gasteiger partial charge in [-0.1, -0.05) is 46.8 Å². The molecule has 1 aliphatic carbocycles. The van der Waals surface area contributed by atoms with Crippen LogP contribution in [0.25, 0.3) is 0 Å². The van der Waals surface area contributed by atoms with Crippen LogP contribution >= 0.6 is 0 Å². The van der Waals surface area contributed by atoms with Gasteiger partial charge in [0.25, 0.3) is 0 Å². The van der Waals surface area contributed by atoms with Crippen LogP contribution in [0.3, 0.4) is 0 Å². The van der Waals surface area contributed by atoms with Gasteiger partial charge in [0, 0.05) is 11.5 Å². The largest absolute Gasteiger partial charge is 0.466 e. The van der Waals surface area contributed by atoms with Crippen LogP contribution in [0, 0.1) is 29.1 Å². The van der Waals surface area contributed by atoms with Crippen molar-refractivity contribution in [2.75, 3.05) is 13.2 Å². The Morgan fingerprint density at radius 1 is 1.15 bits per heavy atom. The molecule has 2 aliphatic rings. The number of carbonyl (C=O) groups is 3. The smallest absolute Gasteiger partial charge is 0.310 e. The maximum absolute atomic E-state index is 13.8. The number of allylic oxidation sites excluding steroid dienone is 1. The molecule has 1 fully saturated rings. The molecular weight excluding hydrogens is 420 g/mol. The van der Waals surface area contributed by atoms with E-state index in [0.29, 0.717) is 12.8 Å². The van der Waals surface area contributed by atoms with Gasteiger partial charge >= 0.3 is 5.97 Å². The Bertz CT molecular complexity index is 750. The van der Waals surface area contributed by atoms with Crippen LogP contribution in [-0.2, 0) is 19.1 Å². The van der Waals surface area contributed by atoms with Crippen molar-refractivity contribution in [1.29, 1.82) is 0 Å². The maximum atomic E-state index is 13.8. The molecule has 1 heterocycles. The Labute approximate surface area is 199 Å². The molecule has 7 heteroatoms. The number of hydrogen-bond donors (Lipinski definition) is 2. The summed E-state index contributed by atoms with van der Waals surface area (Å²) in [5, 5.41) is 13.2. The predicted molar refractivity (Wildman–Crippen MR) is 128 cm³/mol. The number of amides is 2. The van der Waals surface area contributed by atoms with E-state index < -0.39 is 35.4 Å². The minimum absolute atomic E-state index is 0.00957. The molecule has 0 bridgehead atoms. The minimum Gasteiger partial charge on any atom is -0.466 e. The molecule has 1 aliphatic heterocycles. The molecule has 6 atom stereocenters. The van der Waals surface area contributed by atoms with Crippen molar-refractivity contribution in [2.24, 2.45) is 29.1 Å². The molecule has 2 amide bonds. The van der Waals surface area contributed by atoms with E-state index >= 15 is 0 Å². The average molecular weight is 465 g/mol. The number of nitrogens with zero attached hydrogens (tertiary/aromatic N) is 1. The molecule has 33 heavy (non-hydrogen) atoms. The highest BCUT2D eigenvalue weighted by atomic mass is 16.5. The summed E-state index contributed by atoms with van der Waals surface area (Å²) in [6.07, 6.45) is 5.89. The maximum Gasteiger partial charge on any atom is 0.310 e. The molecule has 7 nitrogen and oxygen atoms in total. The Hall–Kier alpha value is -1.89. The molecule has 188 valence electrons. The van der Waals surface area contributed by atoms with E-state index in [1.165, 1.54) is 0 Å². The Kier molecular flexibility index (Phi) is 8.77. The van der Waals surface area contributed by atoms with Crippen molar-refractivity contribution in [3.8, 4) is 0 Å². The number of aliphatic hydroxyl groups is 1. The van der Waals surface area contributed by atoms with E-state index in [0.717, 1.165) is 6.42 Å². The summed E-state index contributed by atoms with van der Waals surface area (Å²) < 4.78 is 5.36. The van der Waals surface area contributed by atoms with Crippen LogP contribution in [0.15, 0.2) is 12.2 Å². The van der Waals surface area contributed by atoms with Gasteiger partial charge < -0.3 is 20.1 Å². The Balaban J connectivity index is 2.50. The fourth-order valence-electron chi connectivity index (χ4n) is 5.98.